The van der Waals surface area contributed by atoms with E-state index in [2.05, 4.69) is 33.4 Å². The molecule has 4 bridgehead atoms. The van der Waals surface area contributed by atoms with Crippen molar-refractivity contribution < 1.29 is 4.79 Å². The summed E-state index contributed by atoms with van der Waals surface area (Å²) >= 11 is 5.26. The number of carbonyl (C=O) groups excluding carboxylic acids is 1. The number of hydrogen-bond acceptors (Lipinski definition) is 2. The fourth-order valence-electron chi connectivity index (χ4n) is 5.36. The Morgan fingerprint density at radius 2 is 1.81 bits per heavy atom. The van der Waals surface area contributed by atoms with Crippen molar-refractivity contribution in [3.05, 3.63) is 20.8 Å². The SMILES string of the molecule is O=C(NCCc1ccc(Br)s1)C12CC3CC(CC(C3)C1)C2. The Morgan fingerprint density at radius 3 is 2.33 bits per heavy atom. The first kappa shape index (κ1) is 14.3. The third-order valence-corrected chi connectivity index (χ3v) is 7.49. The van der Waals surface area contributed by atoms with Crippen LogP contribution in [0.25, 0.3) is 0 Å². The van der Waals surface area contributed by atoms with Crippen LogP contribution in [0.2, 0.25) is 0 Å². The lowest BCUT2D eigenvalue weighted by molar-refractivity contribution is -0.146. The summed E-state index contributed by atoms with van der Waals surface area (Å²) in [4.78, 5) is 14.1. The maximum absolute atomic E-state index is 12.8. The van der Waals surface area contributed by atoms with Crippen molar-refractivity contribution in [1.29, 1.82) is 0 Å². The lowest BCUT2D eigenvalue weighted by Gasteiger charge is -2.55. The molecular formula is C17H22BrNOS. The molecule has 4 saturated carbocycles. The number of hydrogen-bond donors (Lipinski definition) is 1. The summed E-state index contributed by atoms with van der Waals surface area (Å²) in [6.07, 6.45) is 8.63. The van der Waals surface area contributed by atoms with Crippen molar-refractivity contribution in [2.24, 2.45) is 23.2 Å². The van der Waals surface area contributed by atoms with Crippen molar-refractivity contribution in [3.8, 4) is 0 Å². The van der Waals surface area contributed by atoms with E-state index in [1.807, 2.05) is 0 Å². The first-order chi connectivity index (χ1) is 10.1. The van der Waals surface area contributed by atoms with Gasteiger partial charge in [-0.15, -0.1) is 11.3 Å². The second-order valence-electron chi connectivity index (χ2n) is 7.41. The second-order valence-corrected chi connectivity index (χ2v) is 9.96. The van der Waals surface area contributed by atoms with Crippen LogP contribution in [0.15, 0.2) is 15.9 Å². The third kappa shape index (κ3) is 2.70. The van der Waals surface area contributed by atoms with Crippen molar-refractivity contribution in [1.82, 2.24) is 5.32 Å². The van der Waals surface area contributed by atoms with Gasteiger partial charge in [0.1, 0.15) is 0 Å². The minimum absolute atomic E-state index is 0.00475. The maximum atomic E-state index is 12.8. The number of amides is 1. The monoisotopic (exact) mass is 367 g/mol. The van der Waals surface area contributed by atoms with Crippen LogP contribution < -0.4 is 5.32 Å². The molecule has 2 nitrogen and oxygen atoms in total. The second kappa shape index (κ2) is 5.38. The van der Waals surface area contributed by atoms with Gasteiger partial charge in [-0.25, -0.2) is 0 Å². The molecule has 21 heavy (non-hydrogen) atoms. The summed E-state index contributed by atoms with van der Waals surface area (Å²) in [7, 11) is 0. The summed E-state index contributed by atoms with van der Waals surface area (Å²) in [6.45, 7) is 0.785. The highest BCUT2D eigenvalue weighted by Gasteiger charge is 2.54. The van der Waals surface area contributed by atoms with Crippen molar-refractivity contribution in [2.45, 2.75) is 44.9 Å². The van der Waals surface area contributed by atoms with Crippen LogP contribution in [-0.2, 0) is 11.2 Å². The van der Waals surface area contributed by atoms with Gasteiger partial charge in [0, 0.05) is 16.8 Å². The third-order valence-electron chi connectivity index (χ3n) is 5.81. The first-order valence-electron chi connectivity index (χ1n) is 8.15. The fraction of sp³-hybridized carbons (Fsp3) is 0.706. The van der Waals surface area contributed by atoms with Gasteiger partial charge in [-0.3, -0.25) is 4.79 Å². The largest absolute Gasteiger partial charge is 0.355 e. The Hall–Kier alpha value is -0.350. The van der Waals surface area contributed by atoms with Crippen LogP contribution in [0.5, 0.6) is 0 Å². The van der Waals surface area contributed by atoms with Crippen molar-refractivity contribution in [2.75, 3.05) is 6.54 Å². The molecule has 4 aliphatic rings. The van der Waals surface area contributed by atoms with Gasteiger partial charge in [0.05, 0.1) is 3.79 Å². The van der Waals surface area contributed by atoms with E-state index in [4.69, 9.17) is 0 Å². The molecular weight excluding hydrogens is 346 g/mol. The van der Waals surface area contributed by atoms with E-state index < -0.39 is 0 Å². The lowest BCUT2D eigenvalue weighted by atomic mass is 9.49. The van der Waals surface area contributed by atoms with Gasteiger partial charge >= 0.3 is 0 Å². The molecule has 0 spiro atoms. The first-order valence-corrected chi connectivity index (χ1v) is 9.76. The molecule has 0 radical (unpaired) electrons. The summed E-state index contributed by atoms with van der Waals surface area (Å²) in [6, 6.07) is 4.23. The number of carbonyl (C=O) groups is 1. The number of rotatable bonds is 4. The van der Waals surface area contributed by atoms with Crippen LogP contribution in [-0.4, -0.2) is 12.5 Å². The number of nitrogens with one attached hydrogen (secondary N) is 1. The normalized spacial score (nSPS) is 36.9. The molecule has 4 fully saturated rings. The predicted octanol–water partition coefficient (Wildman–Crippen LogP) is 4.39. The van der Waals surface area contributed by atoms with Crippen LogP contribution >= 0.6 is 27.3 Å². The minimum Gasteiger partial charge on any atom is -0.355 e. The van der Waals surface area contributed by atoms with Gasteiger partial charge in [-0.2, -0.15) is 0 Å². The van der Waals surface area contributed by atoms with Gasteiger partial charge < -0.3 is 5.32 Å². The fourth-order valence-corrected chi connectivity index (χ4v) is 6.84. The Morgan fingerprint density at radius 1 is 1.19 bits per heavy atom. The quantitative estimate of drug-likeness (QED) is 0.839. The maximum Gasteiger partial charge on any atom is 0.226 e. The predicted molar refractivity (Wildman–Crippen MR) is 89.3 cm³/mol. The summed E-state index contributed by atoms with van der Waals surface area (Å²) < 4.78 is 1.17. The molecule has 0 saturated heterocycles. The van der Waals surface area contributed by atoms with Crippen LogP contribution in [0.3, 0.4) is 0 Å². The summed E-state index contributed by atoms with van der Waals surface area (Å²) in [5.41, 5.74) is 0.00475. The van der Waals surface area contributed by atoms with E-state index in [1.165, 1.54) is 27.9 Å². The van der Waals surface area contributed by atoms with E-state index in [0.717, 1.165) is 50.0 Å². The topological polar surface area (TPSA) is 29.1 Å². The molecule has 114 valence electrons. The standard InChI is InChI=1S/C17H22BrNOS/c18-15-2-1-14(21-15)3-4-19-16(20)17-8-11-5-12(9-17)7-13(6-11)10-17/h1-2,11-13H,3-10H2,(H,19,20). The van der Waals surface area contributed by atoms with E-state index >= 15 is 0 Å². The zero-order valence-corrected chi connectivity index (χ0v) is 14.6. The van der Waals surface area contributed by atoms with E-state index in [9.17, 15) is 4.79 Å². The van der Waals surface area contributed by atoms with Crippen molar-refractivity contribution >= 4 is 33.2 Å². The highest BCUT2D eigenvalue weighted by atomic mass is 79.9. The van der Waals surface area contributed by atoms with Crippen LogP contribution in [0.4, 0.5) is 0 Å². The number of halogens is 1. The Bertz CT molecular complexity index is 517. The molecule has 0 unspecified atom stereocenters. The molecule has 1 amide bonds. The van der Waals surface area contributed by atoms with Gasteiger partial charge in [0.25, 0.3) is 0 Å². The molecule has 1 aromatic rings. The van der Waals surface area contributed by atoms with Crippen LogP contribution in [0, 0.1) is 23.2 Å². The van der Waals surface area contributed by atoms with Crippen LogP contribution in [0.1, 0.15) is 43.4 Å². The highest BCUT2D eigenvalue weighted by molar-refractivity contribution is 9.11. The minimum atomic E-state index is 0.00475. The molecule has 1 heterocycles. The molecule has 0 atom stereocenters. The molecule has 1 N–H and O–H groups in total. The molecule has 4 aliphatic carbocycles. The lowest BCUT2D eigenvalue weighted by Crippen LogP contribution is -2.53. The Kier molecular flexibility index (Phi) is 3.65. The zero-order valence-electron chi connectivity index (χ0n) is 12.2. The van der Waals surface area contributed by atoms with Gasteiger partial charge in [-0.05, 0) is 90.8 Å². The highest BCUT2D eigenvalue weighted by Crippen LogP contribution is 2.60. The average molecular weight is 368 g/mol. The Labute approximate surface area is 138 Å². The smallest absolute Gasteiger partial charge is 0.226 e. The zero-order chi connectivity index (χ0) is 14.4. The van der Waals surface area contributed by atoms with E-state index in [-0.39, 0.29) is 5.41 Å². The number of thiophene rings is 1. The average Bonchev–Trinajstić information content (AvgIpc) is 2.83. The molecule has 0 aliphatic heterocycles. The molecule has 5 rings (SSSR count). The van der Waals surface area contributed by atoms with Crippen molar-refractivity contribution in [3.63, 3.8) is 0 Å². The van der Waals surface area contributed by atoms with E-state index in [1.54, 1.807) is 11.3 Å². The summed E-state index contributed by atoms with van der Waals surface area (Å²) in [5, 5.41) is 3.25. The van der Waals surface area contributed by atoms with E-state index in [0.29, 0.717) is 5.91 Å². The molecule has 1 aromatic heterocycles. The summed E-state index contributed by atoms with van der Waals surface area (Å²) in [5.74, 6) is 2.89. The molecule has 0 aromatic carbocycles. The van der Waals surface area contributed by atoms with Gasteiger partial charge in [0.2, 0.25) is 5.91 Å². The molecule has 4 heteroatoms. The van der Waals surface area contributed by atoms with Gasteiger partial charge in [-0.1, -0.05) is 0 Å². The van der Waals surface area contributed by atoms with Gasteiger partial charge in [0.15, 0.2) is 0 Å². The Balaban J connectivity index is 1.36.